The molecule has 0 unspecified atom stereocenters. The highest BCUT2D eigenvalue weighted by molar-refractivity contribution is 6.11. The van der Waals surface area contributed by atoms with Gasteiger partial charge in [-0.2, -0.15) is 5.10 Å². The van der Waals surface area contributed by atoms with Gasteiger partial charge in [-0.1, -0.05) is 5.16 Å². The van der Waals surface area contributed by atoms with E-state index in [4.69, 9.17) is 4.52 Å². The molecule has 0 radical (unpaired) electrons. The molecule has 1 aliphatic rings. The zero-order chi connectivity index (χ0) is 15.3. The SMILES string of the molecule is Cc1cc(NC(=O)c2cc(C3CC3)nc3c2cnn3C)on1. The van der Waals surface area contributed by atoms with Gasteiger partial charge in [0, 0.05) is 24.7 Å². The monoisotopic (exact) mass is 297 g/mol. The predicted molar refractivity (Wildman–Crippen MR) is 79.7 cm³/mol. The summed E-state index contributed by atoms with van der Waals surface area (Å²) in [6, 6.07) is 3.54. The fourth-order valence-corrected chi connectivity index (χ4v) is 2.51. The van der Waals surface area contributed by atoms with Gasteiger partial charge in [0.25, 0.3) is 5.91 Å². The van der Waals surface area contributed by atoms with Crippen molar-refractivity contribution in [2.75, 3.05) is 5.32 Å². The molecule has 3 aromatic heterocycles. The Morgan fingerprint density at radius 1 is 1.41 bits per heavy atom. The Bertz CT molecular complexity index is 875. The molecule has 0 saturated heterocycles. The van der Waals surface area contributed by atoms with Gasteiger partial charge in [0.2, 0.25) is 5.88 Å². The van der Waals surface area contributed by atoms with Crippen molar-refractivity contribution in [2.45, 2.75) is 25.7 Å². The van der Waals surface area contributed by atoms with Crippen LogP contribution in [-0.4, -0.2) is 25.8 Å². The van der Waals surface area contributed by atoms with Crippen LogP contribution in [-0.2, 0) is 7.05 Å². The topological polar surface area (TPSA) is 85.8 Å². The number of hydrogen-bond donors (Lipinski definition) is 1. The summed E-state index contributed by atoms with van der Waals surface area (Å²) in [5.41, 5.74) is 2.96. The molecule has 0 atom stereocenters. The van der Waals surface area contributed by atoms with Crippen molar-refractivity contribution in [1.29, 1.82) is 0 Å². The lowest BCUT2D eigenvalue weighted by Gasteiger charge is -2.06. The number of hydrogen-bond acceptors (Lipinski definition) is 5. The molecule has 4 rings (SSSR count). The third kappa shape index (κ3) is 2.14. The lowest BCUT2D eigenvalue weighted by Crippen LogP contribution is -2.13. The van der Waals surface area contributed by atoms with Crippen LogP contribution in [0.25, 0.3) is 11.0 Å². The molecule has 3 heterocycles. The van der Waals surface area contributed by atoms with Crippen LogP contribution in [0, 0.1) is 6.92 Å². The summed E-state index contributed by atoms with van der Waals surface area (Å²) >= 11 is 0. The van der Waals surface area contributed by atoms with E-state index in [9.17, 15) is 4.79 Å². The number of amides is 1. The van der Waals surface area contributed by atoms with Crippen LogP contribution in [0.15, 0.2) is 22.9 Å². The molecule has 22 heavy (non-hydrogen) atoms. The predicted octanol–water partition coefficient (Wildman–Crippen LogP) is 2.39. The molecule has 1 aliphatic carbocycles. The van der Waals surface area contributed by atoms with E-state index in [2.05, 4.69) is 20.6 Å². The maximum absolute atomic E-state index is 12.6. The molecule has 0 spiro atoms. The van der Waals surface area contributed by atoms with Crippen LogP contribution in [0.2, 0.25) is 0 Å². The van der Waals surface area contributed by atoms with Crippen LogP contribution in [0.1, 0.15) is 40.5 Å². The number of carbonyl (C=O) groups is 1. The Balaban J connectivity index is 1.77. The van der Waals surface area contributed by atoms with Gasteiger partial charge in [0.05, 0.1) is 22.8 Å². The Hall–Kier alpha value is -2.70. The van der Waals surface area contributed by atoms with Gasteiger partial charge in [0.1, 0.15) is 0 Å². The van der Waals surface area contributed by atoms with Crippen LogP contribution in [0.4, 0.5) is 5.88 Å². The average Bonchev–Trinajstić information content (AvgIpc) is 3.18. The fourth-order valence-electron chi connectivity index (χ4n) is 2.51. The highest BCUT2D eigenvalue weighted by atomic mass is 16.5. The number of rotatable bonds is 3. The zero-order valence-electron chi connectivity index (χ0n) is 12.3. The van der Waals surface area contributed by atoms with Gasteiger partial charge in [0.15, 0.2) is 5.65 Å². The van der Waals surface area contributed by atoms with Crippen LogP contribution in [0.5, 0.6) is 0 Å². The highest BCUT2D eigenvalue weighted by Gasteiger charge is 2.28. The second kappa shape index (κ2) is 4.66. The molecular weight excluding hydrogens is 282 g/mol. The Morgan fingerprint density at radius 2 is 2.23 bits per heavy atom. The molecule has 1 amide bonds. The number of pyridine rings is 1. The maximum Gasteiger partial charge on any atom is 0.258 e. The molecule has 112 valence electrons. The first kappa shape index (κ1) is 13.0. The quantitative estimate of drug-likeness (QED) is 0.802. The molecule has 0 bridgehead atoms. The minimum Gasteiger partial charge on any atom is -0.338 e. The van der Waals surface area contributed by atoms with Gasteiger partial charge in [-0.05, 0) is 25.8 Å². The Morgan fingerprint density at radius 3 is 2.91 bits per heavy atom. The summed E-state index contributed by atoms with van der Waals surface area (Å²) in [6.45, 7) is 1.80. The molecular formula is C15H15N5O2. The minimum absolute atomic E-state index is 0.238. The summed E-state index contributed by atoms with van der Waals surface area (Å²) in [7, 11) is 1.83. The Kier molecular flexibility index (Phi) is 2.75. The molecule has 7 nitrogen and oxygen atoms in total. The highest BCUT2D eigenvalue weighted by Crippen LogP contribution is 2.40. The van der Waals surface area contributed by atoms with E-state index in [1.54, 1.807) is 23.9 Å². The van der Waals surface area contributed by atoms with Crippen LogP contribution >= 0.6 is 0 Å². The summed E-state index contributed by atoms with van der Waals surface area (Å²) in [6.07, 6.45) is 3.91. The standard InChI is InChI=1S/C15H15N5O2/c1-8-5-13(22-19-8)18-15(21)10-6-12(9-3-4-9)17-14-11(10)7-16-20(14)2/h5-7,9H,3-4H2,1-2H3,(H,18,21). The van der Waals surface area contributed by atoms with Gasteiger partial charge in [-0.3, -0.25) is 14.8 Å². The number of aryl methyl sites for hydroxylation is 2. The van der Waals surface area contributed by atoms with E-state index in [1.807, 2.05) is 13.1 Å². The first-order chi connectivity index (χ1) is 10.6. The van der Waals surface area contributed by atoms with Crippen molar-refractivity contribution in [3.05, 3.63) is 35.3 Å². The molecule has 1 saturated carbocycles. The van der Waals surface area contributed by atoms with Crippen molar-refractivity contribution < 1.29 is 9.32 Å². The average molecular weight is 297 g/mol. The van der Waals surface area contributed by atoms with E-state index < -0.39 is 0 Å². The number of carbonyl (C=O) groups excluding carboxylic acids is 1. The van der Waals surface area contributed by atoms with E-state index in [-0.39, 0.29) is 5.91 Å². The lowest BCUT2D eigenvalue weighted by atomic mass is 10.1. The molecule has 0 aromatic carbocycles. The first-order valence-electron chi connectivity index (χ1n) is 7.19. The van der Waals surface area contributed by atoms with Gasteiger partial charge in [-0.15, -0.1) is 0 Å². The lowest BCUT2D eigenvalue weighted by molar-refractivity contribution is 0.102. The van der Waals surface area contributed by atoms with E-state index >= 15 is 0 Å². The van der Waals surface area contributed by atoms with Crippen molar-refractivity contribution >= 4 is 22.8 Å². The second-order valence-corrected chi connectivity index (χ2v) is 5.66. The smallest absolute Gasteiger partial charge is 0.258 e. The molecule has 3 aromatic rings. The van der Waals surface area contributed by atoms with Crippen molar-refractivity contribution in [3.8, 4) is 0 Å². The Labute approximate surface area is 126 Å². The maximum atomic E-state index is 12.6. The number of nitrogens with zero attached hydrogens (tertiary/aromatic N) is 4. The normalized spacial score (nSPS) is 14.5. The summed E-state index contributed by atoms with van der Waals surface area (Å²) in [5, 5.41) is 11.4. The number of anilines is 1. The molecule has 1 fully saturated rings. The van der Waals surface area contributed by atoms with Crippen LogP contribution in [0.3, 0.4) is 0 Å². The minimum atomic E-state index is -0.238. The zero-order valence-corrected chi connectivity index (χ0v) is 12.3. The third-order valence-corrected chi connectivity index (χ3v) is 3.83. The first-order valence-corrected chi connectivity index (χ1v) is 7.19. The number of nitrogens with one attached hydrogen (secondary N) is 1. The second-order valence-electron chi connectivity index (χ2n) is 5.66. The van der Waals surface area contributed by atoms with E-state index in [0.29, 0.717) is 17.4 Å². The third-order valence-electron chi connectivity index (χ3n) is 3.83. The molecule has 7 heteroatoms. The summed E-state index contributed by atoms with van der Waals surface area (Å²) in [5.74, 6) is 0.557. The van der Waals surface area contributed by atoms with Crippen molar-refractivity contribution in [3.63, 3.8) is 0 Å². The molecule has 1 N–H and O–H groups in total. The number of aromatic nitrogens is 4. The van der Waals surface area contributed by atoms with Gasteiger partial charge >= 0.3 is 0 Å². The summed E-state index contributed by atoms with van der Waals surface area (Å²) in [4.78, 5) is 17.2. The summed E-state index contributed by atoms with van der Waals surface area (Å²) < 4.78 is 6.74. The van der Waals surface area contributed by atoms with E-state index in [0.717, 1.165) is 35.3 Å². The van der Waals surface area contributed by atoms with Crippen molar-refractivity contribution in [1.82, 2.24) is 19.9 Å². The fraction of sp³-hybridized carbons (Fsp3) is 0.333. The van der Waals surface area contributed by atoms with E-state index in [1.165, 1.54) is 0 Å². The molecule has 0 aliphatic heterocycles. The largest absolute Gasteiger partial charge is 0.338 e. The number of fused-ring (bicyclic) bond motifs is 1. The van der Waals surface area contributed by atoms with Crippen LogP contribution < -0.4 is 5.32 Å². The van der Waals surface area contributed by atoms with Gasteiger partial charge in [-0.25, -0.2) is 4.98 Å². The van der Waals surface area contributed by atoms with Gasteiger partial charge < -0.3 is 4.52 Å². The van der Waals surface area contributed by atoms with Crippen molar-refractivity contribution in [2.24, 2.45) is 7.05 Å².